The summed E-state index contributed by atoms with van der Waals surface area (Å²) in [7, 11) is -2.32. The van der Waals surface area contributed by atoms with Crippen LogP contribution >= 0.6 is 0 Å². The SMILES string of the molecule is COC(CNS(=O)(=O)NC(C)(C)C)CC(=O)O. The lowest BCUT2D eigenvalue weighted by molar-refractivity contribution is -0.139. The summed E-state index contributed by atoms with van der Waals surface area (Å²) in [4.78, 5) is 10.4. The van der Waals surface area contributed by atoms with E-state index in [2.05, 4.69) is 9.44 Å². The van der Waals surface area contributed by atoms with E-state index in [0.717, 1.165) is 0 Å². The number of hydrogen-bond donors (Lipinski definition) is 3. The minimum Gasteiger partial charge on any atom is -0.481 e. The van der Waals surface area contributed by atoms with Crippen molar-refractivity contribution in [3.05, 3.63) is 0 Å². The second kappa shape index (κ2) is 6.29. The van der Waals surface area contributed by atoms with Crippen molar-refractivity contribution in [1.82, 2.24) is 9.44 Å². The van der Waals surface area contributed by atoms with Gasteiger partial charge in [-0.2, -0.15) is 17.9 Å². The van der Waals surface area contributed by atoms with Crippen LogP contribution in [0.3, 0.4) is 0 Å². The molecule has 1 unspecified atom stereocenters. The first kappa shape index (κ1) is 16.3. The highest BCUT2D eigenvalue weighted by molar-refractivity contribution is 7.87. The number of carbonyl (C=O) groups is 1. The molecule has 0 saturated carbocycles. The van der Waals surface area contributed by atoms with Crippen molar-refractivity contribution in [2.24, 2.45) is 0 Å². The van der Waals surface area contributed by atoms with E-state index in [1.807, 2.05) is 0 Å². The second-order valence-electron chi connectivity index (χ2n) is 4.66. The molecule has 0 aromatic rings. The van der Waals surface area contributed by atoms with Crippen LogP contribution in [0.4, 0.5) is 0 Å². The Morgan fingerprint density at radius 3 is 2.29 bits per heavy atom. The van der Waals surface area contributed by atoms with Crippen molar-refractivity contribution in [1.29, 1.82) is 0 Å². The Morgan fingerprint density at radius 2 is 1.94 bits per heavy atom. The third kappa shape index (κ3) is 9.04. The summed E-state index contributed by atoms with van der Waals surface area (Å²) in [6.45, 7) is 5.03. The van der Waals surface area contributed by atoms with Gasteiger partial charge in [0.05, 0.1) is 12.5 Å². The third-order valence-electron chi connectivity index (χ3n) is 1.68. The maximum absolute atomic E-state index is 11.5. The van der Waals surface area contributed by atoms with E-state index in [1.54, 1.807) is 20.8 Å². The zero-order valence-corrected chi connectivity index (χ0v) is 11.3. The van der Waals surface area contributed by atoms with Gasteiger partial charge in [0.1, 0.15) is 0 Å². The van der Waals surface area contributed by atoms with Gasteiger partial charge in [-0.05, 0) is 20.8 Å². The summed E-state index contributed by atoms with van der Waals surface area (Å²) in [6.07, 6.45) is -0.946. The van der Waals surface area contributed by atoms with Gasteiger partial charge < -0.3 is 9.84 Å². The Morgan fingerprint density at radius 1 is 1.41 bits per heavy atom. The Labute approximate surface area is 102 Å². The van der Waals surface area contributed by atoms with Crippen molar-refractivity contribution in [2.45, 2.75) is 38.8 Å². The van der Waals surface area contributed by atoms with E-state index in [-0.39, 0.29) is 13.0 Å². The molecule has 0 bridgehead atoms. The normalized spacial score (nSPS) is 14.6. The number of ether oxygens (including phenoxy) is 1. The molecule has 0 aromatic heterocycles. The van der Waals surface area contributed by atoms with Gasteiger partial charge in [-0.25, -0.2) is 0 Å². The summed E-state index contributed by atoms with van der Waals surface area (Å²) in [6, 6.07) is 0. The Balaban J connectivity index is 4.29. The number of carboxylic acids is 1. The molecule has 3 N–H and O–H groups in total. The molecule has 0 spiro atoms. The number of carboxylic acid groups (broad SMARTS) is 1. The molecule has 0 aliphatic carbocycles. The van der Waals surface area contributed by atoms with Gasteiger partial charge in [0.2, 0.25) is 0 Å². The summed E-state index contributed by atoms with van der Waals surface area (Å²) >= 11 is 0. The van der Waals surface area contributed by atoms with E-state index < -0.39 is 27.8 Å². The highest BCUT2D eigenvalue weighted by Crippen LogP contribution is 2.01. The van der Waals surface area contributed by atoms with Gasteiger partial charge in [-0.1, -0.05) is 0 Å². The van der Waals surface area contributed by atoms with Crippen LogP contribution in [0.2, 0.25) is 0 Å². The lowest BCUT2D eigenvalue weighted by Gasteiger charge is -2.21. The molecular formula is C9H20N2O5S. The highest BCUT2D eigenvalue weighted by atomic mass is 32.2. The van der Waals surface area contributed by atoms with Crippen molar-refractivity contribution < 1.29 is 23.1 Å². The topological polar surface area (TPSA) is 105 Å². The van der Waals surface area contributed by atoms with Crippen LogP contribution in [-0.2, 0) is 19.7 Å². The summed E-state index contributed by atoms with van der Waals surface area (Å²) < 4.78 is 32.5. The van der Waals surface area contributed by atoms with Crippen LogP contribution < -0.4 is 9.44 Å². The minimum absolute atomic E-state index is 0.0891. The fourth-order valence-electron chi connectivity index (χ4n) is 1.08. The summed E-state index contributed by atoms with van der Waals surface area (Å²) in [5, 5.41) is 8.56. The minimum atomic E-state index is -3.65. The largest absolute Gasteiger partial charge is 0.481 e. The first-order chi connectivity index (χ1) is 7.56. The molecule has 7 nitrogen and oxygen atoms in total. The predicted molar refractivity (Wildman–Crippen MR) is 62.9 cm³/mol. The van der Waals surface area contributed by atoms with Crippen LogP contribution in [-0.4, -0.2) is 44.8 Å². The van der Waals surface area contributed by atoms with Crippen molar-refractivity contribution >= 4 is 16.2 Å². The molecule has 0 amide bonds. The molecule has 0 rings (SSSR count). The zero-order chi connectivity index (χ0) is 13.7. The zero-order valence-electron chi connectivity index (χ0n) is 10.5. The number of rotatable bonds is 7. The molecule has 0 saturated heterocycles. The lowest BCUT2D eigenvalue weighted by Crippen LogP contribution is -2.48. The third-order valence-corrected chi connectivity index (χ3v) is 3.11. The Bertz CT molecular complexity index is 347. The monoisotopic (exact) mass is 268 g/mol. The predicted octanol–water partition coefficient (Wildman–Crippen LogP) is -0.301. The second-order valence-corrected chi connectivity index (χ2v) is 6.16. The molecule has 8 heteroatoms. The van der Waals surface area contributed by atoms with Gasteiger partial charge in [0.15, 0.2) is 0 Å². The van der Waals surface area contributed by atoms with Gasteiger partial charge >= 0.3 is 5.97 Å². The average molecular weight is 268 g/mol. The van der Waals surface area contributed by atoms with E-state index in [1.165, 1.54) is 7.11 Å². The molecule has 0 aliphatic rings. The summed E-state index contributed by atoms with van der Waals surface area (Å²) in [5.41, 5.74) is -0.596. The van der Waals surface area contributed by atoms with E-state index in [4.69, 9.17) is 9.84 Å². The smallest absolute Gasteiger partial charge is 0.306 e. The van der Waals surface area contributed by atoms with E-state index in [9.17, 15) is 13.2 Å². The van der Waals surface area contributed by atoms with Crippen LogP contribution in [0.5, 0.6) is 0 Å². The Hall–Kier alpha value is -0.700. The standard InChI is InChI=1S/C9H20N2O5S/c1-9(2,3)11-17(14,15)10-6-7(16-4)5-8(12)13/h7,10-11H,5-6H2,1-4H3,(H,12,13). The highest BCUT2D eigenvalue weighted by Gasteiger charge is 2.21. The molecule has 0 radical (unpaired) electrons. The van der Waals surface area contributed by atoms with Crippen molar-refractivity contribution in [3.63, 3.8) is 0 Å². The van der Waals surface area contributed by atoms with E-state index in [0.29, 0.717) is 0 Å². The van der Waals surface area contributed by atoms with Crippen LogP contribution in [0.1, 0.15) is 27.2 Å². The number of nitrogens with one attached hydrogen (secondary N) is 2. The first-order valence-electron chi connectivity index (χ1n) is 5.09. The molecule has 0 heterocycles. The maximum Gasteiger partial charge on any atom is 0.306 e. The fraction of sp³-hybridized carbons (Fsp3) is 0.889. The maximum atomic E-state index is 11.5. The van der Waals surface area contributed by atoms with Gasteiger partial charge in [0, 0.05) is 19.2 Å². The van der Waals surface area contributed by atoms with Gasteiger partial charge in [0.25, 0.3) is 10.2 Å². The molecule has 0 aliphatic heterocycles. The average Bonchev–Trinajstić information content (AvgIpc) is 2.07. The van der Waals surface area contributed by atoms with Gasteiger partial charge in [-0.3, -0.25) is 4.79 Å². The summed E-state index contributed by atoms with van der Waals surface area (Å²) in [5.74, 6) is -1.04. The number of methoxy groups -OCH3 is 1. The molecule has 0 fully saturated rings. The van der Waals surface area contributed by atoms with Crippen molar-refractivity contribution in [3.8, 4) is 0 Å². The van der Waals surface area contributed by atoms with Crippen LogP contribution in [0, 0.1) is 0 Å². The number of hydrogen-bond acceptors (Lipinski definition) is 4. The lowest BCUT2D eigenvalue weighted by atomic mass is 10.1. The van der Waals surface area contributed by atoms with Crippen LogP contribution in [0.15, 0.2) is 0 Å². The molecule has 1 atom stereocenters. The molecule has 102 valence electrons. The first-order valence-corrected chi connectivity index (χ1v) is 6.57. The Kier molecular flexibility index (Phi) is 6.03. The van der Waals surface area contributed by atoms with Crippen molar-refractivity contribution in [2.75, 3.05) is 13.7 Å². The van der Waals surface area contributed by atoms with Gasteiger partial charge in [-0.15, -0.1) is 0 Å². The van der Waals surface area contributed by atoms with E-state index >= 15 is 0 Å². The van der Waals surface area contributed by atoms with Crippen LogP contribution in [0.25, 0.3) is 0 Å². The quantitative estimate of drug-likeness (QED) is 0.588. The molecule has 0 aromatic carbocycles. The molecule has 17 heavy (non-hydrogen) atoms. The number of aliphatic carboxylic acids is 1. The molecular weight excluding hydrogens is 248 g/mol. The fourth-order valence-corrected chi connectivity index (χ4v) is 2.36.